The first-order valence-electron chi connectivity index (χ1n) is 11.6. The minimum Gasteiger partial charge on any atom is -0.480 e. The van der Waals surface area contributed by atoms with E-state index in [0.717, 1.165) is 16.7 Å². The predicted molar refractivity (Wildman–Crippen MR) is 133 cm³/mol. The van der Waals surface area contributed by atoms with Crippen molar-refractivity contribution in [3.63, 3.8) is 0 Å². The Bertz CT molecular complexity index is 1190. The lowest BCUT2D eigenvalue weighted by Gasteiger charge is -2.16. The molecule has 0 aliphatic heterocycles. The zero-order valence-electron chi connectivity index (χ0n) is 19.7. The van der Waals surface area contributed by atoms with E-state index in [2.05, 4.69) is 34.9 Å². The van der Waals surface area contributed by atoms with E-state index in [-0.39, 0.29) is 30.8 Å². The molecule has 7 heteroatoms. The fourth-order valence-corrected chi connectivity index (χ4v) is 4.41. The molecule has 3 aromatic rings. The van der Waals surface area contributed by atoms with E-state index in [4.69, 9.17) is 9.84 Å². The van der Waals surface area contributed by atoms with E-state index in [0.29, 0.717) is 5.69 Å². The van der Waals surface area contributed by atoms with Crippen LogP contribution in [0.5, 0.6) is 0 Å². The third kappa shape index (κ3) is 5.51. The first-order valence-corrected chi connectivity index (χ1v) is 11.6. The third-order valence-corrected chi connectivity index (χ3v) is 6.31. The van der Waals surface area contributed by atoms with Crippen LogP contribution in [0.15, 0.2) is 72.8 Å². The Morgan fingerprint density at radius 3 is 2.03 bits per heavy atom. The number of carboxylic acids is 1. The SMILES string of the molecule is CC(CC(=O)N[C@H](C)C(=O)O)c1ccc(NC(=O)OCC2c3ccccc3-c3ccccc32)cc1. The number of carbonyl (C=O) groups is 3. The maximum Gasteiger partial charge on any atom is 0.411 e. The summed E-state index contributed by atoms with van der Waals surface area (Å²) in [7, 11) is 0. The van der Waals surface area contributed by atoms with Crippen LogP contribution in [0.4, 0.5) is 10.5 Å². The molecular formula is C28H28N2O5. The minimum absolute atomic E-state index is 0.00799. The second kappa shape index (κ2) is 10.4. The number of carbonyl (C=O) groups excluding carboxylic acids is 2. The molecule has 0 spiro atoms. The van der Waals surface area contributed by atoms with Crippen molar-refractivity contribution in [3.05, 3.63) is 89.5 Å². The molecule has 0 saturated carbocycles. The van der Waals surface area contributed by atoms with Crippen LogP contribution in [0.1, 0.15) is 48.8 Å². The van der Waals surface area contributed by atoms with E-state index in [1.165, 1.54) is 18.1 Å². The van der Waals surface area contributed by atoms with Crippen LogP contribution in [0, 0.1) is 0 Å². The fourth-order valence-electron chi connectivity index (χ4n) is 4.41. The molecule has 0 fully saturated rings. The lowest BCUT2D eigenvalue weighted by atomic mass is 9.97. The zero-order chi connectivity index (χ0) is 24.9. The molecule has 7 nitrogen and oxygen atoms in total. The number of hydrogen-bond acceptors (Lipinski definition) is 4. The standard InChI is InChI=1S/C28H28N2O5/c1-17(15-26(31)29-18(2)27(32)33)19-11-13-20(14-12-19)30-28(34)35-16-25-23-9-5-3-7-21(23)22-8-4-6-10-24(22)25/h3-14,17-18,25H,15-16H2,1-2H3,(H,29,31)(H,30,34)(H,32,33)/t17?,18-/m1/s1. The number of benzene rings is 3. The molecule has 0 aromatic heterocycles. The number of nitrogens with one attached hydrogen (secondary N) is 2. The van der Waals surface area contributed by atoms with Crippen LogP contribution in [-0.2, 0) is 14.3 Å². The smallest absolute Gasteiger partial charge is 0.411 e. The predicted octanol–water partition coefficient (Wildman–Crippen LogP) is 5.13. The summed E-state index contributed by atoms with van der Waals surface area (Å²) >= 11 is 0. The summed E-state index contributed by atoms with van der Waals surface area (Å²) in [5.74, 6) is -1.52. The summed E-state index contributed by atoms with van der Waals surface area (Å²) in [5.41, 5.74) is 6.15. The van der Waals surface area contributed by atoms with Crippen molar-refractivity contribution in [1.29, 1.82) is 0 Å². The number of fused-ring (bicyclic) bond motifs is 3. The highest BCUT2D eigenvalue weighted by Crippen LogP contribution is 2.44. The summed E-state index contributed by atoms with van der Waals surface area (Å²) in [6.07, 6.45) is -0.369. The van der Waals surface area contributed by atoms with Gasteiger partial charge in [-0.25, -0.2) is 4.79 Å². The summed E-state index contributed by atoms with van der Waals surface area (Å²) in [5, 5.41) is 14.1. The van der Waals surface area contributed by atoms with Gasteiger partial charge in [-0.2, -0.15) is 0 Å². The van der Waals surface area contributed by atoms with Crippen LogP contribution < -0.4 is 10.6 Å². The molecular weight excluding hydrogens is 444 g/mol. The zero-order valence-corrected chi connectivity index (χ0v) is 19.7. The number of hydrogen-bond donors (Lipinski definition) is 3. The van der Waals surface area contributed by atoms with Crippen molar-refractivity contribution in [2.45, 2.75) is 38.1 Å². The van der Waals surface area contributed by atoms with Gasteiger partial charge in [-0.15, -0.1) is 0 Å². The Hall–Kier alpha value is -4.13. The molecule has 4 rings (SSSR count). The summed E-state index contributed by atoms with van der Waals surface area (Å²) in [4.78, 5) is 35.4. The van der Waals surface area contributed by atoms with Crippen LogP contribution >= 0.6 is 0 Å². The molecule has 3 aromatic carbocycles. The van der Waals surface area contributed by atoms with Gasteiger partial charge < -0.3 is 15.2 Å². The van der Waals surface area contributed by atoms with Gasteiger partial charge in [-0.3, -0.25) is 14.9 Å². The van der Waals surface area contributed by atoms with Crippen LogP contribution in [-0.4, -0.2) is 35.7 Å². The van der Waals surface area contributed by atoms with Gasteiger partial charge in [0.2, 0.25) is 5.91 Å². The number of rotatable bonds is 8. The molecule has 2 amide bonds. The molecule has 0 saturated heterocycles. The Morgan fingerprint density at radius 1 is 0.886 bits per heavy atom. The third-order valence-electron chi connectivity index (χ3n) is 6.31. The van der Waals surface area contributed by atoms with Crippen LogP contribution in [0.25, 0.3) is 11.1 Å². The average Bonchev–Trinajstić information content (AvgIpc) is 3.16. The van der Waals surface area contributed by atoms with Gasteiger partial charge in [0.1, 0.15) is 12.6 Å². The van der Waals surface area contributed by atoms with Gasteiger partial charge in [-0.05, 0) is 52.8 Å². The lowest BCUT2D eigenvalue weighted by Crippen LogP contribution is -2.38. The maximum absolute atomic E-state index is 12.5. The largest absolute Gasteiger partial charge is 0.480 e. The van der Waals surface area contributed by atoms with Gasteiger partial charge in [0.25, 0.3) is 0 Å². The minimum atomic E-state index is -1.07. The highest BCUT2D eigenvalue weighted by molar-refractivity contribution is 5.85. The monoisotopic (exact) mass is 472 g/mol. The number of carboxylic acid groups (broad SMARTS) is 1. The molecule has 180 valence electrons. The maximum atomic E-state index is 12.5. The Morgan fingerprint density at radius 2 is 1.46 bits per heavy atom. The summed E-state index contributed by atoms with van der Waals surface area (Å²) < 4.78 is 5.58. The van der Waals surface area contributed by atoms with E-state index < -0.39 is 18.1 Å². The van der Waals surface area contributed by atoms with Crippen molar-refractivity contribution in [2.24, 2.45) is 0 Å². The van der Waals surface area contributed by atoms with Crippen LogP contribution in [0.2, 0.25) is 0 Å². The Labute approximate surface area is 204 Å². The van der Waals surface area contributed by atoms with Crippen LogP contribution in [0.3, 0.4) is 0 Å². The molecule has 1 aliphatic carbocycles. The van der Waals surface area contributed by atoms with Gasteiger partial charge in [0.05, 0.1) is 0 Å². The van der Waals surface area contributed by atoms with Gasteiger partial charge in [0.15, 0.2) is 0 Å². The van der Waals surface area contributed by atoms with E-state index in [1.54, 1.807) is 12.1 Å². The number of amides is 2. The lowest BCUT2D eigenvalue weighted by molar-refractivity contribution is -0.141. The van der Waals surface area contributed by atoms with Crippen molar-refractivity contribution >= 4 is 23.7 Å². The molecule has 3 N–H and O–H groups in total. The van der Waals surface area contributed by atoms with E-state index in [1.807, 2.05) is 43.3 Å². The molecule has 0 radical (unpaired) electrons. The quantitative estimate of drug-likeness (QED) is 0.422. The van der Waals surface area contributed by atoms with E-state index in [9.17, 15) is 14.4 Å². The normalized spacial score (nSPS) is 13.8. The van der Waals surface area contributed by atoms with E-state index >= 15 is 0 Å². The van der Waals surface area contributed by atoms with Gasteiger partial charge in [-0.1, -0.05) is 67.6 Å². The van der Waals surface area contributed by atoms with Crippen molar-refractivity contribution in [2.75, 3.05) is 11.9 Å². The first-order chi connectivity index (χ1) is 16.8. The molecule has 1 aliphatic rings. The highest BCUT2D eigenvalue weighted by atomic mass is 16.5. The Balaban J connectivity index is 1.32. The molecule has 0 heterocycles. The fraction of sp³-hybridized carbons (Fsp3) is 0.250. The number of aliphatic carboxylic acids is 1. The molecule has 1 unspecified atom stereocenters. The number of anilines is 1. The van der Waals surface area contributed by atoms with Gasteiger partial charge >= 0.3 is 12.1 Å². The average molecular weight is 473 g/mol. The molecule has 2 atom stereocenters. The Kier molecular flexibility index (Phi) is 7.15. The first kappa shape index (κ1) is 24.0. The van der Waals surface area contributed by atoms with Gasteiger partial charge in [0, 0.05) is 18.0 Å². The van der Waals surface area contributed by atoms with Crippen molar-refractivity contribution in [1.82, 2.24) is 5.32 Å². The van der Waals surface area contributed by atoms with Crippen molar-refractivity contribution in [3.8, 4) is 11.1 Å². The molecule has 35 heavy (non-hydrogen) atoms. The molecule has 0 bridgehead atoms. The summed E-state index contributed by atoms with van der Waals surface area (Å²) in [6.45, 7) is 3.55. The second-order valence-corrected chi connectivity index (χ2v) is 8.81. The topological polar surface area (TPSA) is 105 Å². The second-order valence-electron chi connectivity index (χ2n) is 8.81. The number of ether oxygens (including phenoxy) is 1. The highest BCUT2D eigenvalue weighted by Gasteiger charge is 2.29. The van der Waals surface area contributed by atoms with Crippen molar-refractivity contribution < 1.29 is 24.2 Å². The summed E-state index contributed by atoms with van der Waals surface area (Å²) in [6, 6.07) is 22.6.